The average Bonchev–Trinajstić information content (AvgIpc) is 2.91. The van der Waals surface area contributed by atoms with Gasteiger partial charge in [0.25, 0.3) is 11.5 Å². The predicted octanol–water partition coefficient (Wildman–Crippen LogP) is 4.41. The highest BCUT2D eigenvalue weighted by Gasteiger charge is 2.45. The lowest BCUT2D eigenvalue weighted by Crippen LogP contribution is -2.59. The van der Waals surface area contributed by atoms with E-state index in [4.69, 9.17) is 0 Å². The van der Waals surface area contributed by atoms with Crippen molar-refractivity contribution in [3.8, 4) is 0 Å². The van der Waals surface area contributed by atoms with E-state index >= 15 is 0 Å². The van der Waals surface area contributed by atoms with Crippen molar-refractivity contribution in [1.29, 1.82) is 0 Å². The molecular formula is C31H43N5O3. The highest BCUT2D eigenvalue weighted by Crippen LogP contribution is 2.47. The van der Waals surface area contributed by atoms with Gasteiger partial charge in [0.1, 0.15) is 5.54 Å². The maximum Gasteiger partial charge on any atom is 0.294 e. The van der Waals surface area contributed by atoms with E-state index in [1.54, 1.807) is 20.9 Å². The van der Waals surface area contributed by atoms with Crippen LogP contribution in [-0.4, -0.2) is 57.5 Å². The molecule has 4 aliphatic rings. The van der Waals surface area contributed by atoms with Crippen LogP contribution in [0.25, 0.3) is 11.0 Å². The number of fused-ring (bicyclic) bond motifs is 5. The Balaban J connectivity index is 1.34. The number of para-hydroxylation sites is 2. The van der Waals surface area contributed by atoms with Crippen molar-refractivity contribution in [2.24, 2.45) is 11.8 Å². The van der Waals surface area contributed by atoms with Crippen LogP contribution in [0.3, 0.4) is 0 Å². The molecule has 0 spiro atoms. The van der Waals surface area contributed by atoms with E-state index in [-0.39, 0.29) is 23.3 Å². The van der Waals surface area contributed by atoms with Crippen molar-refractivity contribution in [2.75, 3.05) is 11.9 Å². The standard InChI is InChI=1S/C31H43N5O3/c1-31(2,32-19-37)30(39)34(3)28-29(38)36(27-13-5-4-12-26(27)33-28)25-17-22-10-7-11-23(18-25)35(22)24-15-20-8-6-9-21(14-20)16-24/h4-5,12-13,19-25H,6-11,14-18H2,1-3H3,(H,32,37). The number of nitrogens with zero attached hydrogens (tertiary/aromatic N) is 4. The summed E-state index contributed by atoms with van der Waals surface area (Å²) >= 11 is 0. The summed E-state index contributed by atoms with van der Waals surface area (Å²) < 4.78 is 1.94. The first-order valence-corrected chi connectivity index (χ1v) is 15.0. The normalized spacial score (nSPS) is 31.1. The van der Waals surface area contributed by atoms with Gasteiger partial charge >= 0.3 is 0 Å². The van der Waals surface area contributed by atoms with Crippen LogP contribution in [0.2, 0.25) is 0 Å². The van der Waals surface area contributed by atoms with Crippen LogP contribution in [0.15, 0.2) is 29.1 Å². The molecule has 6 rings (SSSR count). The van der Waals surface area contributed by atoms with E-state index in [1.165, 1.54) is 62.7 Å². The zero-order valence-corrected chi connectivity index (χ0v) is 23.6. The summed E-state index contributed by atoms with van der Waals surface area (Å²) in [6.07, 6.45) is 14.5. The quantitative estimate of drug-likeness (QED) is 0.556. The molecule has 1 aromatic heterocycles. The summed E-state index contributed by atoms with van der Waals surface area (Å²) in [6, 6.07) is 9.56. The molecule has 4 unspecified atom stereocenters. The van der Waals surface area contributed by atoms with Crippen molar-refractivity contribution in [2.45, 2.75) is 114 Å². The van der Waals surface area contributed by atoms with Gasteiger partial charge in [0, 0.05) is 31.2 Å². The fraction of sp³-hybridized carbons (Fsp3) is 0.677. The average molecular weight is 534 g/mol. The summed E-state index contributed by atoms with van der Waals surface area (Å²) in [6.45, 7) is 3.27. The van der Waals surface area contributed by atoms with Crippen molar-refractivity contribution >= 4 is 29.2 Å². The van der Waals surface area contributed by atoms with Crippen LogP contribution in [-0.2, 0) is 9.59 Å². The Morgan fingerprint density at radius 2 is 1.59 bits per heavy atom. The van der Waals surface area contributed by atoms with Crippen molar-refractivity contribution < 1.29 is 9.59 Å². The lowest BCUT2D eigenvalue weighted by Gasteiger charge is -2.55. The summed E-state index contributed by atoms with van der Waals surface area (Å²) in [5.41, 5.74) is 0.166. The Kier molecular flexibility index (Phi) is 7.02. The second kappa shape index (κ2) is 10.3. The molecule has 2 saturated heterocycles. The van der Waals surface area contributed by atoms with Crippen LogP contribution in [0, 0.1) is 11.8 Å². The number of amides is 2. The minimum Gasteiger partial charge on any atom is -0.345 e. The number of aromatic nitrogens is 2. The third kappa shape index (κ3) is 4.79. The molecule has 0 radical (unpaired) electrons. The second-order valence-electron chi connectivity index (χ2n) is 13.2. The minimum absolute atomic E-state index is 0.0726. The highest BCUT2D eigenvalue weighted by molar-refractivity contribution is 6.00. The largest absolute Gasteiger partial charge is 0.345 e. The van der Waals surface area contributed by atoms with Gasteiger partial charge in [-0.15, -0.1) is 0 Å². The Morgan fingerprint density at radius 1 is 0.949 bits per heavy atom. The van der Waals surface area contributed by atoms with E-state index in [0.29, 0.717) is 30.1 Å². The molecule has 210 valence electrons. The molecule has 4 bridgehead atoms. The first-order chi connectivity index (χ1) is 18.8. The van der Waals surface area contributed by atoms with Gasteiger partial charge in [-0.3, -0.25) is 24.2 Å². The monoisotopic (exact) mass is 533 g/mol. The topological polar surface area (TPSA) is 87.5 Å². The van der Waals surface area contributed by atoms with Gasteiger partial charge in [0.15, 0.2) is 0 Å². The van der Waals surface area contributed by atoms with Gasteiger partial charge in [0.2, 0.25) is 12.2 Å². The number of hydrogen-bond acceptors (Lipinski definition) is 5. The number of rotatable bonds is 6. The SMILES string of the molecule is CN(C(=O)C(C)(C)NC=O)c1nc2ccccc2n(C2CC3CCCC(C2)N3C2CC3CCCC(C3)C2)c1=O. The molecule has 1 N–H and O–H groups in total. The Morgan fingerprint density at radius 3 is 2.26 bits per heavy atom. The lowest BCUT2D eigenvalue weighted by molar-refractivity contribution is -0.126. The maximum atomic E-state index is 14.2. The van der Waals surface area contributed by atoms with E-state index < -0.39 is 5.54 Å². The molecule has 3 heterocycles. The van der Waals surface area contributed by atoms with Crippen molar-refractivity contribution in [1.82, 2.24) is 19.8 Å². The number of carbonyl (C=O) groups is 2. The van der Waals surface area contributed by atoms with E-state index in [0.717, 1.165) is 30.2 Å². The Hall–Kier alpha value is -2.74. The summed E-state index contributed by atoms with van der Waals surface area (Å²) in [5.74, 6) is 1.55. The Bertz CT molecular complexity index is 1280. The molecule has 4 fully saturated rings. The van der Waals surface area contributed by atoms with Crippen LogP contribution in [0.5, 0.6) is 0 Å². The first-order valence-electron chi connectivity index (χ1n) is 15.0. The number of hydrogen-bond donors (Lipinski definition) is 1. The van der Waals surface area contributed by atoms with E-state index in [9.17, 15) is 14.4 Å². The molecule has 39 heavy (non-hydrogen) atoms. The van der Waals surface area contributed by atoms with Gasteiger partial charge in [-0.2, -0.15) is 0 Å². The van der Waals surface area contributed by atoms with Gasteiger partial charge in [-0.1, -0.05) is 37.8 Å². The zero-order valence-electron chi connectivity index (χ0n) is 23.6. The van der Waals surface area contributed by atoms with Crippen LogP contribution in [0.1, 0.15) is 90.5 Å². The van der Waals surface area contributed by atoms with Crippen molar-refractivity contribution in [3.63, 3.8) is 0 Å². The molecule has 2 amide bonds. The third-order valence-electron chi connectivity index (χ3n) is 10.2. The fourth-order valence-corrected chi connectivity index (χ4v) is 8.58. The molecule has 2 saturated carbocycles. The summed E-state index contributed by atoms with van der Waals surface area (Å²) in [4.78, 5) is 47.5. The molecule has 2 aromatic rings. The highest BCUT2D eigenvalue weighted by atomic mass is 16.2. The smallest absolute Gasteiger partial charge is 0.294 e. The van der Waals surface area contributed by atoms with Crippen LogP contribution in [0.4, 0.5) is 5.82 Å². The molecule has 2 aliphatic carbocycles. The third-order valence-corrected chi connectivity index (χ3v) is 10.2. The minimum atomic E-state index is -1.15. The molecule has 2 aliphatic heterocycles. The van der Waals surface area contributed by atoms with E-state index in [2.05, 4.69) is 15.2 Å². The summed E-state index contributed by atoms with van der Waals surface area (Å²) in [7, 11) is 1.58. The van der Waals surface area contributed by atoms with Crippen LogP contribution >= 0.6 is 0 Å². The van der Waals surface area contributed by atoms with E-state index in [1.807, 2.05) is 28.8 Å². The molecule has 8 nitrogen and oxygen atoms in total. The zero-order chi connectivity index (χ0) is 27.3. The number of likely N-dealkylation sites (N-methyl/N-ethyl adjacent to an activating group) is 1. The number of piperidine rings is 2. The second-order valence-corrected chi connectivity index (χ2v) is 13.2. The van der Waals surface area contributed by atoms with Gasteiger partial charge in [-0.25, -0.2) is 4.98 Å². The fourth-order valence-electron chi connectivity index (χ4n) is 8.58. The molecule has 1 aromatic carbocycles. The van der Waals surface area contributed by atoms with Crippen molar-refractivity contribution in [3.05, 3.63) is 34.6 Å². The predicted molar refractivity (Wildman–Crippen MR) is 153 cm³/mol. The Labute approximate surface area is 231 Å². The molecule has 4 atom stereocenters. The molecule has 8 heteroatoms. The summed E-state index contributed by atoms with van der Waals surface area (Å²) in [5, 5.41) is 2.57. The van der Waals surface area contributed by atoms with Crippen LogP contribution < -0.4 is 15.8 Å². The van der Waals surface area contributed by atoms with Gasteiger partial charge in [0.05, 0.1) is 11.0 Å². The molecular weight excluding hydrogens is 490 g/mol. The first kappa shape index (κ1) is 26.5. The number of benzene rings is 1. The number of anilines is 1. The number of carbonyl (C=O) groups excluding carboxylic acids is 2. The number of nitrogens with one attached hydrogen (secondary N) is 1. The lowest BCUT2D eigenvalue weighted by atomic mass is 9.68. The maximum absolute atomic E-state index is 14.2. The van der Waals surface area contributed by atoms with Gasteiger partial charge < -0.3 is 9.88 Å². The van der Waals surface area contributed by atoms with Gasteiger partial charge in [-0.05, 0) is 82.8 Å².